The maximum absolute atomic E-state index is 10.3. The van der Waals surface area contributed by atoms with Gasteiger partial charge >= 0.3 is 5.97 Å². The molecule has 2 aromatic rings. The molecule has 0 fully saturated rings. The first-order valence-electron chi connectivity index (χ1n) is 4.44. The van der Waals surface area contributed by atoms with E-state index in [1.54, 1.807) is 6.07 Å². The van der Waals surface area contributed by atoms with E-state index >= 15 is 0 Å². The van der Waals surface area contributed by atoms with Gasteiger partial charge in [-0.25, -0.2) is 9.78 Å². The zero-order valence-corrected chi connectivity index (χ0v) is 8.10. The third-order valence-corrected chi connectivity index (χ3v) is 2.01. The number of hydrogen-bond acceptors (Lipinski definition) is 3. The molecule has 0 atom stereocenters. The fourth-order valence-corrected chi connectivity index (χ4v) is 1.32. The van der Waals surface area contributed by atoms with Crippen LogP contribution in [0.5, 0.6) is 0 Å². The van der Waals surface area contributed by atoms with E-state index < -0.39 is 5.97 Å². The van der Waals surface area contributed by atoms with Crippen LogP contribution in [-0.4, -0.2) is 16.1 Å². The second kappa shape index (κ2) is 3.57. The zero-order valence-electron chi connectivity index (χ0n) is 8.10. The van der Waals surface area contributed by atoms with Crippen molar-refractivity contribution in [2.24, 2.45) is 0 Å². The predicted molar refractivity (Wildman–Crippen MR) is 55.4 cm³/mol. The lowest BCUT2D eigenvalue weighted by atomic mass is 10.2. The molecule has 4 nitrogen and oxygen atoms in total. The van der Waals surface area contributed by atoms with Crippen molar-refractivity contribution in [3.05, 3.63) is 35.7 Å². The third kappa shape index (κ3) is 1.88. The Morgan fingerprint density at radius 3 is 3.00 bits per heavy atom. The number of rotatable bonds is 2. The Bertz CT molecular complexity index is 540. The van der Waals surface area contributed by atoms with E-state index in [-0.39, 0.29) is 0 Å². The number of carboxylic acid groups (broad SMARTS) is 1. The monoisotopic (exact) mass is 203 g/mol. The minimum Gasteiger partial charge on any atom is -0.478 e. The van der Waals surface area contributed by atoms with Gasteiger partial charge in [-0.2, -0.15) is 0 Å². The summed E-state index contributed by atoms with van der Waals surface area (Å²) in [5.41, 5.74) is 2.44. The van der Waals surface area contributed by atoms with Crippen molar-refractivity contribution in [3.63, 3.8) is 0 Å². The summed E-state index contributed by atoms with van der Waals surface area (Å²) in [7, 11) is 0. The van der Waals surface area contributed by atoms with Crippen LogP contribution in [0.2, 0.25) is 0 Å². The van der Waals surface area contributed by atoms with Crippen LogP contribution in [0.1, 0.15) is 11.5 Å². The third-order valence-electron chi connectivity index (χ3n) is 2.01. The van der Waals surface area contributed by atoms with E-state index in [9.17, 15) is 4.79 Å². The second-order valence-corrected chi connectivity index (χ2v) is 3.15. The first-order valence-corrected chi connectivity index (χ1v) is 4.44. The number of fused-ring (bicyclic) bond motifs is 1. The number of oxazole rings is 1. The molecular weight excluding hydrogens is 194 g/mol. The Morgan fingerprint density at radius 2 is 2.33 bits per heavy atom. The molecule has 4 heteroatoms. The SMILES string of the molecule is Cc1cccc2oc(/C=C/C(=O)O)nc12. The minimum atomic E-state index is -1.02. The standard InChI is InChI=1S/C11H9NO3/c1-7-3-2-4-8-11(7)12-9(15-8)5-6-10(13)14/h2-6H,1H3,(H,13,14)/b6-5+. The van der Waals surface area contributed by atoms with Gasteiger partial charge in [0.05, 0.1) is 0 Å². The average molecular weight is 203 g/mol. The highest BCUT2D eigenvalue weighted by Crippen LogP contribution is 2.19. The lowest BCUT2D eigenvalue weighted by Crippen LogP contribution is -1.85. The van der Waals surface area contributed by atoms with Gasteiger partial charge in [0, 0.05) is 12.2 Å². The summed E-state index contributed by atoms with van der Waals surface area (Å²) in [6, 6.07) is 5.59. The number of hydrogen-bond donors (Lipinski definition) is 1. The number of carbonyl (C=O) groups is 1. The largest absolute Gasteiger partial charge is 0.478 e. The quantitative estimate of drug-likeness (QED) is 0.760. The normalized spacial score (nSPS) is 11.3. The molecule has 76 valence electrons. The summed E-state index contributed by atoms with van der Waals surface area (Å²) in [6.07, 6.45) is 2.34. The van der Waals surface area contributed by atoms with E-state index in [2.05, 4.69) is 4.98 Å². The van der Waals surface area contributed by atoms with Gasteiger partial charge < -0.3 is 9.52 Å². The smallest absolute Gasteiger partial charge is 0.328 e. The number of aryl methyl sites for hydroxylation is 1. The summed E-state index contributed by atoms with van der Waals surface area (Å²) < 4.78 is 5.34. The molecule has 0 spiro atoms. The Morgan fingerprint density at radius 1 is 1.53 bits per heavy atom. The van der Waals surface area contributed by atoms with Crippen LogP contribution in [0.4, 0.5) is 0 Å². The fourth-order valence-electron chi connectivity index (χ4n) is 1.32. The molecule has 1 heterocycles. The highest BCUT2D eigenvalue weighted by atomic mass is 16.4. The van der Waals surface area contributed by atoms with Crippen molar-refractivity contribution in [2.45, 2.75) is 6.92 Å². The van der Waals surface area contributed by atoms with Crippen LogP contribution >= 0.6 is 0 Å². The van der Waals surface area contributed by atoms with Crippen LogP contribution in [0.3, 0.4) is 0 Å². The number of para-hydroxylation sites is 1. The molecule has 1 N–H and O–H groups in total. The topological polar surface area (TPSA) is 63.3 Å². The molecule has 0 bridgehead atoms. The first-order chi connectivity index (χ1) is 7.16. The Balaban J connectivity index is 2.48. The van der Waals surface area contributed by atoms with Gasteiger partial charge in [0.1, 0.15) is 5.52 Å². The van der Waals surface area contributed by atoms with Crippen molar-refractivity contribution < 1.29 is 14.3 Å². The Kier molecular flexibility index (Phi) is 2.25. The summed E-state index contributed by atoms with van der Waals surface area (Å²) in [5.74, 6) is -0.712. The zero-order chi connectivity index (χ0) is 10.8. The van der Waals surface area contributed by atoms with Crippen molar-refractivity contribution in [1.82, 2.24) is 4.98 Å². The lowest BCUT2D eigenvalue weighted by Gasteiger charge is -1.88. The molecule has 0 amide bonds. The fraction of sp³-hybridized carbons (Fsp3) is 0.0909. The van der Waals surface area contributed by atoms with E-state index in [0.717, 1.165) is 17.2 Å². The van der Waals surface area contributed by atoms with Crippen molar-refractivity contribution >= 4 is 23.1 Å². The van der Waals surface area contributed by atoms with E-state index in [4.69, 9.17) is 9.52 Å². The van der Waals surface area contributed by atoms with Crippen LogP contribution in [0.25, 0.3) is 17.2 Å². The van der Waals surface area contributed by atoms with E-state index in [1.807, 2.05) is 19.1 Å². The molecule has 0 saturated carbocycles. The highest BCUT2D eigenvalue weighted by molar-refractivity contribution is 5.85. The van der Waals surface area contributed by atoms with Crippen LogP contribution in [-0.2, 0) is 4.79 Å². The minimum absolute atomic E-state index is 0.307. The maximum atomic E-state index is 10.3. The first kappa shape index (κ1) is 9.45. The average Bonchev–Trinajstić information content (AvgIpc) is 2.59. The number of nitrogens with zero attached hydrogens (tertiary/aromatic N) is 1. The van der Waals surface area contributed by atoms with Gasteiger partial charge in [-0.15, -0.1) is 0 Å². The Hall–Kier alpha value is -2.10. The predicted octanol–water partition coefficient (Wildman–Crippen LogP) is 2.23. The number of benzene rings is 1. The van der Waals surface area contributed by atoms with Crippen molar-refractivity contribution in [1.29, 1.82) is 0 Å². The molecule has 1 aromatic carbocycles. The van der Waals surface area contributed by atoms with Crippen LogP contribution in [0, 0.1) is 6.92 Å². The molecule has 15 heavy (non-hydrogen) atoms. The molecule has 0 aliphatic rings. The van der Waals surface area contributed by atoms with Gasteiger partial charge in [-0.1, -0.05) is 12.1 Å². The van der Waals surface area contributed by atoms with Crippen LogP contribution < -0.4 is 0 Å². The van der Waals surface area contributed by atoms with Gasteiger partial charge in [-0.05, 0) is 18.6 Å². The van der Waals surface area contributed by atoms with Gasteiger partial charge in [0.2, 0.25) is 5.89 Å². The van der Waals surface area contributed by atoms with Gasteiger partial charge in [0.25, 0.3) is 0 Å². The number of aromatic nitrogens is 1. The van der Waals surface area contributed by atoms with Crippen molar-refractivity contribution in [3.8, 4) is 0 Å². The lowest BCUT2D eigenvalue weighted by molar-refractivity contribution is -0.131. The number of aliphatic carboxylic acids is 1. The summed E-state index contributed by atoms with van der Waals surface area (Å²) in [4.78, 5) is 14.5. The van der Waals surface area contributed by atoms with Crippen molar-refractivity contribution in [2.75, 3.05) is 0 Å². The van der Waals surface area contributed by atoms with Gasteiger partial charge in [-0.3, -0.25) is 0 Å². The maximum Gasteiger partial charge on any atom is 0.328 e. The summed E-state index contributed by atoms with van der Waals surface area (Å²) >= 11 is 0. The Labute approximate surface area is 85.9 Å². The molecular formula is C11H9NO3. The molecule has 0 aliphatic carbocycles. The van der Waals surface area contributed by atoms with Gasteiger partial charge in [0.15, 0.2) is 5.58 Å². The number of carboxylic acids is 1. The molecule has 2 rings (SSSR count). The van der Waals surface area contributed by atoms with E-state index in [1.165, 1.54) is 6.08 Å². The molecule has 0 radical (unpaired) electrons. The summed E-state index contributed by atoms with van der Waals surface area (Å²) in [6.45, 7) is 1.93. The molecule has 1 aromatic heterocycles. The molecule has 0 saturated heterocycles. The second-order valence-electron chi connectivity index (χ2n) is 3.15. The molecule has 0 aliphatic heterocycles. The summed E-state index contributed by atoms with van der Waals surface area (Å²) in [5, 5.41) is 8.45. The van der Waals surface area contributed by atoms with Crippen LogP contribution in [0.15, 0.2) is 28.7 Å². The highest BCUT2D eigenvalue weighted by Gasteiger charge is 2.04. The molecule has 0 unspecified atom stereocenters. The van der Waals surface area contributed by atoms with E-state index in [0.29, 0.717) is 11.5 Å².